The van der Waals surface area contributed by atoms with Crippen molar-refractivity contribution in [1.82, 2.24) is 4.68 Å². The zero-order valence-corrected chi connectivity index (χ0v) is 20.5. The van der Waals surface area contributed by atoms with Gasteiger partial charge in [-0.1, -0.05) is 47.3 Å². The molecule has 0 atom stereocenters. The quantitative estimate of drug-likeness (QED) is 0.420. The van der Waals surface area contributed by atoms with Crippen molar-refractivity contribution in [3.05, 3.63) is 56.6 Å². The highest BCUT2D eigenvalue weighted by Crippen LogP contribution is 2.36. The number of hydrogen-bond acceptors (Lipinski definition) is 6. The van der Waals surface area contributed by atoms with E-state index < -0.39 is 0 Å². The van der Waals surface area contributed by atoms with Crippen LogP contribution in [0.5, 0.6) is 17.2 Å². The smallest absolute Gasteiger partial charge is 0.206 e. The summed E-state index contributed by atoms with van der Waals surface area (Å²) in [5.74, 6) is 0.638. The van der Waals surface area contributed by atoms with Gasteiger partial charge in [0.2, 0.25) is 10.6 Å². The first-order valence-corrected chi connectivity index (χ1v) is 12.3. The maximum Gasteiger partial charge on any atom is 0.206 e. The molecule has 2 aromatic carbocycles. The fraction of sp³-hybridized carbons (Fsp3) is 0.333. The minimum atomic E-state index is -0.0295. The summed E-state index contributed by atoms with van der Waals surface area (Å²) in [6.45, 7) is 0. The number of ether oxygens (including phenoxy) is 2. The van der Waals surface area contributed by atoms with Gasteiger partial charge in [0.25, 0.3) is 0 Å². The number of hydrogen-bond donors (Lipinski definition) is 1. The lowest BCUT2D eigenvalue weighted by atomic mass is 9.96. The van der Waals surface area contributed by atoms with Gasteiger partial charge >= 0.3 is 0 Å². The third-order valence-electron chi connectivity index (χ3n) is 5.50. The van der Waals surface area contributed by atoms with E-state index in [1.54, 1.807) is 29.7 Å². The van der Waals surface area contributed by atoms with E-state index >= 15 is 0 Å². The highest BCUT2D eigenvalue weighted by molar-refractivity contribution is 9.10. The third kappa shape index (κ3) is 5.07. The first-order chi connectivity index (χ1) is 15.6. The van der Waals surface area contributed by atoms with Gasteiger partial charge in [-0.25, -0.2) is 4.68 Å². The van der Waals surface area contributed by atoms with Crippen LogP contribution < -0.4 is 14.3 Å². The molecule has 0 amide bonds. The van der Waals surface area contributed by atoms with Gasteiger partial charge in [-0.15, -0.1) is 11.3 Å². The number of methoxy groups -OCH3 is 2. The molecule has 1 aromatic heterocycles. The van der Waals surface area contributed by atoms with Gasteiger partial charge in [-0.3, -0.25) is 4.99 Å². The van der Waals surface area contributed by atoms with Gasteiger partial charge in [-0.2, -0.15) is 5.10 Å². The first-order valence-electron chi connectivity index (χ1n) is 10.6. The van der Waals surface area contributed by atoms with Crippen molar-refractivity contribution < 1.29 is 14.6 Å². The Morgan fingerprint density at radius 3 is 2.47 bits per heavy atom. The van der Waals surface area contributed by atoms with Crippen LogP contribution in [-0.4, -0.2) is 36.3 Å². The number of benzene rings is 2. The Labute approximate surface area is 200 Å². The fourth-order valence-corrected chi connectivity index (χ4v) is 5.13. The van der Waals surface area contributed by atoms with Crippen LogP contribution in [0.1, 0.15) is 37.7 Å². The molecule has 0 bridgehead atoms. The van der Waals surface area contributed by atoms with Gasteiger partial charge in [0, 0.05) is 21.0 Å². The van der Waals surface area contributed by atoms with E-state index in [0.717, 1.165) is 38.9 Å². The molecule has 1 fully saturated rings. The third-order valence-corrected chi connectivity index (χ3v) is 6.82. The Hall–Kier alpha value is -2.58. The summed E-state index contributed by atoms with van der Waals surface area (Å²) in [4.78, 5) is 5.92. The lowest BCUT2D eigenvalue weighted by Crippen LogP contribution is -2.19. The second-order valence-electron chi connectivity index (χ2n) is 7.67. The Balaban J connectivity index is 1.79. The van der Waals surface area contributed by atoms with Crippen molar-refractivity contribution in [2.75, 3.05) is 14.2 Å². The standard InChI is InChI=1S/C24H26BrN3O3S/c1-30-21-11-16(12-22(31-2)23(21)29)14-26-28-20(17-7-6-8-18(25)13-17)15-32-24(28)27-19-9-4-3-5-10-19/h6-8,11-15,19,29H,3-5,9-10H2,1-2H3. The van der Waals surface area contributed by atoms with Crippen LogP contribution >= 0.6 is 27.3 Å². The molecule has 3 aromatic rings. The summed E-state index contributed by atoms with van der Waals surface area (Å²) in [6, 6.07) is 12.0. The monoisotopic (exact) mass is 515 g/mol. The summed E-state index contributed by atoms with van der Waals surface area (Å²) >= 11 is 5.17. The summed E-state index contributed by atoms with van der Waals surface area (Å²) in [6.07, 6.45) is 7.74. The van der Waals surface area contributed by atoms with Crippen LogP contribution in [0.4, 0.5) is 0 Å². The van der Waals surface area contributed by atoms with Crippen LogP contribution in [0.2, 0.25) is 0 Å². The van der Waals surface area contributed by atoms with Crippen LogP contribution in [0.25, 0.3) is 11.3 Å². The normalized spacial score (nSPS) is 15.4. The van der Waals surface area contributed by atoms with Crippen molar-refractivity contribution in [3.63, 3.8) is 0 Å². The second kappa shape index (κ2) is 10.4. The van der Waals surface area contributed by atoms with Crippen molar-refractivity contribution in [1.29, 1.82) is 0 Å². The molecule has 0 spiro atoms. The van der Waals surface area contributed by atoms with Gasteiger partial charge in [-0.05, 0) is 37.1 Å². The number of aromatic hydroxyl groups is 1. The number of aromatic nitrogens is 1. The molecule has 1 N–H and O–H groups in total. The number of nitrogens with zero attached hydrogens (tertiary/aromatic N) is 3. The average Bonchev–Trinajstić information content (AvgIpc) is 3.21. The molecule has 0 saturated heterocycles. The number of halogens is 1. The average molecular weight is 516 g/mol. The fourth-order valence-electron chi connectivity index (χ4n) is 3.83. The van der Waals surface area contributed by atoms with E-state index in [0.29, 0.717) is 17.5 Å². The minimum absolute atomic E-state index is 0.0295. The Morgan fingerprint density at radius 1 is 1.09 bits per heavy atom. The lowest BCUT2D eigenvalue weighted by molar-refractivity contribution is 0.340. The van der Waals surface area contributed by atoms with E-state index in [9.17, 15) is 5.11 Å². The molecular weight excluding hydrogens is 490 g/mol. The topological polar surface area (TPSA) is 68.3 Å². The maximum absolute atomic E-state index is 10.2. The summed E-state index contributed by atoms with van der Waals surface area (Å²) in [5.41, 5.74) is 2.78. The zero-order valence-electron chi connectivity index (χ0n) is 18.1. The molecule has 0 unspecified atom stereocenters. The highest BCUT2D eigenvalue weighted by Gasteiger charge is 2.15. The van der Waals surface area contributed by atoms with E-state index in [2.05, 4.69) is 33.4 Å². The lowest BCUT2D eigenvalue weighted by Gasteiger charge is -2.16. The largest absolute Gasteiger partial charge is 0.502 e. The molecule has 8 heteroatoms. The molecule has 1 saturated carbocycles. The summed E-state index contributed by atoms with van der Waals surface area (Å²) < 4.78 is 13.5. The van der Waals surface area contributed by atoms with Crippen molar-refractivity contribution in [3.8, 4) is 28.5 Å². The van der Waals surface area contributed by atoms with E-state index in [1.807, 2.05) is 16.8 Å². The molecule has 1 aliphatic rings. The molecule has 0 radical (unpaired) electrons. The molecule has 0 aliphatic heterocycles. The Bertz CT molecular complexity index is 1150. The van der Waals surface area contributed by atoms with Gasteiger partial charge in [0.15, 0.2) is 11.5 Å². The van der Waals surface area contributed by atoms with Crippen LogP contribution in [0.15, 0.2) is 56.3 Å². The molecule has 168 valence electrons. The van der Waals surface area contributed by atoms with Crippen LogP contribution in [0.3, 0.4) is 0 Å². The minimum Gasteiger partial charge on any atom is -0.502 e. The number of thiazole rings is 1. The number of phenols is 1. The zero-order chi connectivity index (χ0) is 22.5. The first kappa shape index (κ1) is 22.6. The van der Waals surface area contributed by atoms with E-state index in [-0.39, 0.29) is 5.75 Å². The number of rotatable bonds is 6. The van der Waals surface area contributed by atoms with Crippen LogP contribution in [0, 0.1) is 0 Å². The molecule has 1 aliphatic carbocycles. The van der Waals surface area contributed by atoms with Gasteiger partial charge in [0.05, 0.1) is 32.2 Å². The Morgan fingerprint density at radius 2 is 1.81 bits per heavy atom. The van der Waals surface area contributed by atoms with Crippen molar-refractivity contribution in [2.24, 2.45) is 10.1 Å². The molecule has 6 nitrogen and oxygen atoms in total. The van der Waals surface area contributed by atoms with Gasteiger partial charge < -0.3 is 14.6 Å². The van der Waals surface area contributed by atoms with Crippen LogP contribution in [-0.2, 0) is 0 Å². The highest BCUT2D eigenvalue weighted by atomic mass is 79.9. The SMILES string of the molecule is COc1cc(C=Nn2c(-c3cccc(Br)c3)csc2=NC2CCCCC2)cc(OC)c1O. The van der Waals surface area contributed by atoms with E-state index in [1.165, 1.54) is 33.5 Å². The molecule has 32 heavy (non-hydrogen) atoms. The van der Waals surface area contributed by atoms with Gasteiger partial charge in [0.1, 0.15) is 0 Å². The number of phenolic OH excluding ortho intramolecular Hbond substituents is 1. The predicted octanol–water partition coefficient (Wildman–Crippen LogP) is 5.82. The second-order valence-corrected chi connectivity index (χ2v) is 9.42. The van der Waals surface area contributed by atoms with Crippen molar-refractivity contribution in [2.45, 2.75) is 38.1 Å². The summed E-state index contributed by atoms with van der Waals surface area (Å²) in [5, 5.41) is 17.1. The maximum atomic E-state index is 10.2. The van der Waals surface area contributed by atoms with E-state index in [4.69, 9.17) is 19.6 Å². The van der Waals surface area contributed by atoms with Crippen molar-refractivity contribution >= 4 is 33.5 Å². The molecule has 4 rings (SSSR count). The Kier molecular flexibility index (Phi) is 7.32. The molecule has 1 heterocycles. The predicted molar refractivity (Wildman–Crippen MR) is 132 cm³/mol. The molecular formula is C24H26BrN3O3S. The summed E-state index contributed by atoms with van der Waals surface area (Å²) in [7, 11) is 3.02.